The molecule has 1 N–H and O–H groups in total. The van der Waals surface area contributed by atoms with Gasteiger partial charge in [0, 0.05) is 6.04 Å². The highest BCUT2D eigenvalue weighted by molar-refractivity contribution is 5.29. The number of rotatable bonds is 3. The van der Waals surface area contributed by atoms with E-state index < -0.39 is 0 Å². The average molecular weight is 207 g/mol. The van der Waals surface area contributed by atoms with Gasteiger partial charge in [0.2, 0.25) is 0 Å². The van der Waals surface area contributed by atoms with Crippen molar-refractivity contribution >= 4 is 0 Å². The van der Waals surface area contributed by atoms with Crippen LogP contribution < -0.4 is 10.1 Å². The molecule has 0 aromatic heterocycles. The largest absolute Gasteiger partial charge is 0.488 e. The molecule has 0 spiro atoms. The van der Waals surface area contributed by atoms with Crippen molar-refractivity contribution in [2.24, 2.45) is 0 Å². The lowest BCUT2D eigenvalue weighted by atomic mass is 10.1. The number of benzene rings is 1. The van der Waals surface area contributed by atoms with Crippen LogP contribution in [-0.2, 0) is 0 Å². The first-order valence-corrected chi connectivity index (χ1v) is 5.38. The van der Waals surface area contributed by atoms with E-state index in [-0.39, 0.29) is 5.60 Å². The Morgan fingerprint density at radius 2 is 1.67 bits per heavy atom. The Hall–Kier alpha value is -1.02. The van der Waals surface area contributed by atoms with Gasteiger partial charge in [-0.05, 0) is 52.4 Å². The predicted molar refractivity (Wildman–Crippen MR) is 64.3 cm³/mol. The van der Waals surface area contributed by atoms with Crippen LogP contribution in [0.25, 0.3) is 0 Å². The van der Waals surface area contributed by atoms with Crippen molar-refractivity contribution in [3.05, 3.63) is 29.8 Å². The fourth-order valence-electron chi connectivity index (χ4n) is 1.34. The van der Waals surface area contributed by atoms with Crippen molar-refractivity contribution in [1.82, 2.24) is 5.32 Å². The Kier molecular flexibility index (Phi) is 3.75. The lowest BCUT2D eigenvalue weighted by Gasteiger charge is -2.21. The summed E-state index contributed by atoms with van der Waals surface area (Å²) in [5.74, 6) is 0.926. The maximum Gasteiger partial charge on any atom is 0.120 e. The third-order valence-electron chi connectivity index (χ3n) is 2.24. The molecule has 0 heterocycles. The van der Waals surface area contributed by atoms with E-state index in [0.717, 1.165) is 5.75 Å². The van der Waals surface area contributed by atoms with E-state index in [0.29, 0.717) is 6.04 Å². The smallest absolute Gasteiger partial charge is 0.120 e. The zero-order chi connectivity index (χ0) is 11.5. The highest BCUT2D eigenvalue weighted by Crippen LogP contribution is 2.20. The van der Waals surface area contributed by atoms with E-state index in [2.05, 4.69) is 45.1 Å². The van der Waals surface area contributed by atoms with Crippen LogP contribution in [0, 0.1) is 0 Å². The van der Waals surface area contributed by atoms with Gasteiger partial charge in [0.25, 0.3) is 0 Å². The molecule has 0 aliphatic carbocycles. The van der Waals surface area contributed by atoms with Crippen molar-refractivity contribution < 1.29 is 4.74 Å². The van der Waals surface area contributed by atoms with Gasteiger partial charge in [-0.15, -0.1) is 0 Å². The second kappa shape index (κ2) is 4.67. The molecule has 84 valence electrons. The summed E-state index contributed by atoms with van der Waals surface area (Å²) in [6, 6.07) is 8.63. The monoisotopic (exact) mass is 207 g/mol. The highest BCUT2D eigenvalue weighted by atomic mass is 16.5. The molecule has 1 rings (SSSR count). The zero-order valence-electron chi connectivity index (χ0n) is 10.3. The van der Waals surface area contributed by atoms with Crippen LogP contribution in [0.15, 0.2) is 24.3 Å². The van der Waals surface area contributed by atoms with Gasteiger partial charge in [0.1, 0.15) is 11.4 Å². The minimum Gasteiger partial charge on any atom is -0.488 e. The predicted octanol–water partition coefficient (Wildman–Crippen LogP) is 3.14. The molecule has 0 saturated carbocycles. The normalized spacial score (nSPS) is 13.7. The van der Waals surface area contributed by atoms with Crippen LogP contribution in [0.1, 0.15) is 39.3 Å². The van der Waals surface area contributed by atoms with Crippen LogP contribution >= 0.6 is 0 Å². The van der Waals surface area contributed by atoms with E-state index in [4.69, 9.17) is 4.74 Å². The Morgan fingerprint density at radius 3 is 2.07 bits per heavy atom. The van der Waals surface area contributed by atoms with Gasteiger partial charge in [-0.3, -0.25) is 0 Å². The summed E-state index contributed by atoms with van der Waals surface area (Å²) in [6.07, 6.45) is 0. The van der Waals surface area contributed by atoms with Gasteiger partial charge in [0.05, 0.1) is 0 Å². The summed E-state index contributed by atoms with van der Waals surface area (Å²) in [6.45, 7) is 8.30. The first kappa shape index (κ1) is 12.1. The third-order valence-corrected chi connectivity index (χ3v) is 2.24. The minimum absolute atomic E-state index is 0.129. The van der Waals surface area contributed by atoms with Gasteiger partial charge >= 0.3 is 0 Å². The minimum atomic E-state index is -0.129. The molecule has 0 aliphatic heterocycles. The van der Waals surface area contributed by atoms with E-state index in [1.54, 1.807) is 0 Å². The molecule has 0 fully saturated rings. The van der Waals surface area contributed by atoms with Crippen molar-refractivity contribution in [1.29, 1.82) is 0 Å². The first-order valence-electron chi connectivity index (χ1n) is 5.38. The van der Waals surface area contributed by atoms with Crippen LogP contribution in [0.2, 0.25) is 0 Å². The molecular formula is C13H21NO. The quantitative estimate of drug-likeness (QED) is 0.822. The zero-order valence-corrected chi connectivity index (χ0v) is 10.3. The second-order valence-corrected chi connectivity index (χ2v) is 4.79. The average Bonchev–Trinajstić information content (AvgIpc) is 2.15. The topological polar surface area (TPSA) is 21.3 Å². The van der Waals surface area contributed by atoms with Crippen LogP contribution in [0.4, 0.5) is 0 Å². The molecule has 0 radical (unpaired) electrons. The lowest BCUT2D eigenvalue weighted by molar-refractivity contribution is 0.131. The van der Waals surface area contributed by atoms with Crippen LogP contribution in [-0.4, -0.2) is 12.6 Å². The molecule has 0 bridgehead atoms. The van der Waals surface area contributed by atoms with Gasteiger partial charge in [0.15, 0.2) is 0 Å². The van der Waals surface area contributed by atoms with Gasteiger partial charge in [-0.25, -0.2) is 0 Å². The van der Waals surface area contributed by atoms with E-state index in [9.17, 15) is 0 Å². The number of hydrogen-bond donors (Lipinski definition) is 1. The fourth-order valence-corrected chi connectivity index (χ4v) is 1.34. The maximum absolute atomic E-state index is 5.75. The Morgan fingerprint density at radius 1 is 1.13 bits per heavy atom. The summed E-state index contributed by atoms with van der Waals surface area (Å²) in [4.78, 5) is 0. The van der Waals surface area contributed by atoms with Crippen LogP contribution in [0.3, 0.4) is 0 Å². The van der Waals surface area contributed by atoms with Crippen LogP contribution in [0.5, 0.6) is 5.75 Å². The molecule has 1 atom stereocenters. The first-order chi connectivity index (χ1) is 6.92. The maximum atomic E-state index is 5.75. The Balaban J connectivity index is 2.72. The standard InChI is InChI=1S/C13H21NO/c1-10(14-5)11-6-8-12(9-7-11)15-13(2,3)4/h6-10,14H,1-5H3. The summed E-state index contributed by atoms with van der Waals surface area (Å²) < 4.78 is 5.75. The van der Waals surface area contributed by atoms with E-state index >= 15 is 0 Å². The Labute approximate surface area is 92.6 Å². The van der Waals surface area contributed by atoms with Crippen molar-refractivity contribution in [2.75, 3.05) is 7.05 Å². The number of hydrogen-bond acceptors (Lipinski definition) is 2. The molecule has 1 aromatic rings. The summed E-state index contributed by atoms with van der Waals surface area (Å²) in [5, 5.41) is 3.21. The molecule has 1 aromatic carbocycles. The lowest BCUT2D eigenvalue weighted by Crippen LogP contribution is -2.22. The molecule has 0 saturated heterocycles. The van der Waals surface area contributed by atoms with Gasteiger partial charge in [-0.2, -0.15) is 0 Å². The van der Waals surface area contributed by atoms with Crippen molar-refractivity contribution in [3.8, 4) is 5.75 Å². The van der Waals surface area contributed by atoms with E-state index in [1.165, 1.54) is 5.56 Å². The Bertz CT molecular complexity index is 297. The highest BCUT2D eigenvalue weighted by Gasteiger charge is 2.11. The summed E-state index contributed by atoms with van der Waals surface area (Å²) >= 11 is 0. The van der Waals surface area contributed by atoms with Gasteiger partial charge < -0.3 is 10.1 Å². The third kappa shape index (κ3) is 3.92. The molecule has 2 nitrogen and oxygen atoms in total. The van der Waals surface area contributed by atoms with Crippen molar-refractivity contribution in [2.45, 2.75) is 39.3 Å². The number of ether oxygens (including phenoxy) is 1. The van der Waals surface area contributed by atoms with Gasteiger partial charge in [-0.1, -0.05) is 12.1 Å². The van der Waals surface area contributed by atoms with Crippen molar-refractivity contribution in [3.63, 3.8) is 0 Å². The molecule has 0 amide bonds. The SMILES string of the molecule is CNC(C)c1ccc(OC(C)(C)C)cc1. The second-order valence-electron chi connectivity index (χ2n) is 4.79. The molecule has 1 unspecified atom stereocenters. The molecular weight excluding hydrogens is 186 g/mol. The summed E-state index contributed by atoms with van der Waals surface area (Å²) in [7, 11) is 1.96. The molecule has 2 heteroatoms. The fraction of sp³-hybridized carbons (Fsp3) is 0.538. The summed E-state index contributed by atoms with van der Waals surface area (Å²) in [5.41, 5.74) is 1.15. The molecule has 0 aliphatic rings. The number of nitrogens with one attached hydrogen (secondary N) is 1. The van der Waals surface area contributed by atoms with E-state index in [1.807, 2.05) is 19.2 Å². The molecule has 15 heavy (non-hydrogen) atoms.